The number of amides is 1. The summed E-state index contributed by atoms with van der Waals surface area (Å²) in [5.41, 5.74) is 7.83. The fourth-order valence-corrected chi connectivity index (χ4v) is 1.87. The number of benzene rings is 1. The van der Waals surface area contributed by atoms with Crippen molar-refractivity contribution in [3.05, 3.63) is 53.0 Å². The first kappa shape index (κ1) is 12.4. The van der Waals surface area contributed by atoms with E-state index in [1.807, 2.05) is 31.2 Å². The molecular weight excluding hydrogens is 228 g/mol. The van der Waals surface area contributed by atoms with E-state index < -0.39 is 0 Å². The largest absolute Gasteiger partial charge is 0.466 e. The number of rotatable bonds is 3. The van der Waals surface area contributed by atoms with Crippen LogP contribution in [0.2, 0.25) is 0 Å². The van der Waals surface area contributed by atoms with Crippen molar-refractivity contribution < 1.29 is 9.21 Å². The number of para-hydroxylation sites is 1. The van der Waals surface area contributed by atoms with Gasteiger partial charge in [-0.05, 0) is 31.5 Å². The molecule has 18 heavy (non-hydrogen) atoms. The van der Waals surface area contributed by atoms with Gasteiger partial charge in [0.25, 0.3) is 5.91 Å². The van der Waals surface area contributed by atoms with Gasteiger partial charge in [0.2, 0.25) is 0 Å². The summed E-state index contributed by atoms with van der Waals surface area (Å²) in [6, 6.07) is 9.22. The molecule has 0 aliphatic carbocycles. The normalized spacial score (nSPS) is 10.4. The number of nitrogens with one attached hydrogen (secondary N) is 1. The molecule has 0 unspecified atom stereocenters. The summed E-state index contributed by atoms with van der Waals surface area (Å²) in [5, 5.41) is 2.85. The Kier molecular flexibility index (Phi) is 3.48. The highest BCUT2D eigenvalue weighted by molar-refractivity contribution is 6.05. The molecule has 0 saturated carbocycles. The topological polar surface area (TPSA) is 68.3 Å². The van der Waals surface area contributed by atoms with Crippen LogP contribution in [0.4, 0.5) is 5.69 Å². The Labute approximate surface area is 106 Å². The minimum atomic E-state index is -0.176. The molecular formula is C14H16N2O2. The lowest BCUT2D eigenvalue weighted by Crippen LogP contribution is -2.14. The number of carbonyl (C=O) groups excluding carboxylic acids is 1. The van der Waals surface area contributed by atoms with Gasteiger partial charge < -0.3 is 15.5 Å². The van der Waals surface area contributed by atoms with Gasteiger partial charge >= 0.3 is 0 Å². The third kappa shape index (κ3) is 2.43. The van der Waals surface area contributed by atoms with Gasteiger partial charge in [-0.1, -0.05) is 18.2 Å². The highest BCUT2D eigenvalue weighted by Gasteiger charge is 2.14. The molecule has 4 nitrogen and oxygen atoms in total. The van der Waals surface area contributed by atoms with Crippen LogP contribution in [0.25, 0.3) is 0 Å². The van der Waals surface area contributed by atoms with Crippen molar-refractivity contribution in [3.63, 3.8) is 0 Å². The number of anilines is 1. The van der Waals surface area contributed by atoms with Crippen LogP contribution < -0.4 is 11.1 Å². The standard InChI is InChI=1S/C14H16N2O2/c1-9-7-12(10(2)18-9)14(17)16-13-6-4-3-5-11(13)8-15/h3-7H,8,15H2,1-2H3,(H,16,17). The zero-order valence-corrected chi connectivity index (χ0v) is 10.5. The number of aryl methyl sites for hydroxylation is 2. The van der Waals surface area contributed by atoms with Crippen LogP contribution in [0.5, 0.6) is 0 Å². The Balaban J connectivity index is 2.24. The number of nitrogens with two attached hydrogens (primary N) is 1. The van der Waals surface area contributed by atoms with E-state index in [0.29, 0.717) is 17.9 Å². The molecule has 0 aliphatic heterocycles. The van der Waals surface area contributed by atoms with Crippen LogP contribution in [-0.2, 0) is 6.54 Å². The van der Waals surface area contributed by atoms with Crippen molar-refractivity contribution in [1.82, 2.24) is 0 Å². The maximum absolute atomic E-state index is 12.1. The van der Waals surface area contributed by atoms with Gasteiger partial charge in [-0.15, -0.1) is 0 Å². The maximum Gasteiger partial charge on any atom is 0.259 e. The van der Waals surface area contributed by atoms with E-state index in [4.69, 9.17) is 10.2 Å². The molecule has 0 bridgehead atoms. The second-order valence-corrected chi connectivity index (χ2v) is 4.14. The molecule has 0 aliphatic rings. The van der Waals surface area contributed by atoms with Gasteiger partial charge in [0.15, 0.2) is 0 Å². The average molecular weight is 244 g/mol. The molecule has 0 fully saturated rings. The quantitative estimate of drug-likeness (QED) is 0.872. The van der Waals surface area contributed by atoms with E-state index in [2.05, 4.69) is 5.32 Å². The molecule has 0 radical (unpaired) electrons. The second-order valence-electron chi connectivity index (χ2n) is 4.14. The summed E-state index contributed by atoms with van der Waals surface area (Å²) in [6.45, 7) is 3.98. The molecule has 2 aromatic rings. The van der Waals surface area contributed by atoms with Crippen LogP contribution >= 0.6 is 0 Å². The predicted molar refractivity (Wildman–Crippen MR) is 70.5 cm³/mol. The zero-order valence-electron chi connectivity index (χ0n) is 10.5. The Morgan fingerprint density at radius 2 is 2.06 bits per heavy atom. The van der Waals surface area contributed by atoms with Crippen LogP contribution in [0, 0.1) is 13.8 Å². The summed E-state index contributed by atoms with van der Waals surface area (Å²) < 4.78 is 5.34. The third-order valence-electron chi connectivity index (χ3n) is 2.77. The van der Waals surface area contributed by atoms with Crippen molar-refractivity contribution >= 4 is 11.6 Å². The maximum atomic E-state index is 12.1. The number of furan rings is 1. The van der Waals surface area contributed by atoms with E-state index >= 15 is 0 Å². The SMILES string of the molecule is Cc1cc(C(=O)Nc2ccccc2CN)c(C)o1. The molecule has 2 rings (SSSR count). The highest BCUT2D eigenvalue weighted by atomic mass is 16.3. The first-order chi connectivity index (χ1) is 8.61. The molecule has 0 spiro atoms. The molecule has 1 aromatic heterocycles. The lowest BCUT2D eigenvalue weighted by molar-refractivity contribution is 0.102. The zero-order chi connectivity index (χ0) is 13.1. The molecule has 1 amide bonds. The van der Waals surface area contributed by atoms with Gasteiger partial charge in [-0.2, -0.15) is 0 Å². The van der Waals surface area contributed by atoms with Gasteiger partial charge in [0.05, 0.1) is 5.56 Å². The van der Waals surface area contributed by atoms with Gasteiger partial charge in [-0.25, -0.2) is 0 Å². The lowest BCUT2D eigenvalue weighted by Gasteiger charge is -2.08. The summed E-state index contributed by atoms with van der Waals surface area (Å²) in [7, 11) is 0. The Morgan fingerprint density at radius 3 is 2.67 bits per heavy atom. The number of hydrogen-bond donors (Lipinski definition) is 2. The highest BCUT2D eigenvalue weighted by Crippen LogP contribution is 2.18. The van der Waals surface area contributed by atoms with Gasteiger partial charge in [-0.3, -0.25) is 4.79 Å². The molecule has 1 heterocycles. The van der Waals surface area contributed by atoms with Crippen LogP contribution in [-0.4, -0.2) is 5.91 Å². The molecule has 4 heteroatoms. The smallest absolute Gasteiger partial charge is 0.259 e. The van der Waals surface area contributed by atoms with Gasteiger partial charge in [0.1, 0.15) is 11.5 Å². The molecule has 3 N–H and O–H groups in total. The van der Waals surface area contributed by atoms with Crippen LogP contribution in [0.3, 0.4) is 0 Å². The number of hydrogen-bond acceptors (Lipinski definition) is 3. The van der Waals surface area contributed by atoms with Crippen molar-refractivity contribution in [1.29, 1.82) is 0 Å². The van der Waals surface area contributed by atoms with E-state index in [-0.39, 0.29) is 5.91 Å². The fourth-order valence-electron chi connectivity index (χ4n) is 1.87. The van der Waals surface area contributed by atoms with Crippen LogP contribution in [0.15, 0.2) is 34.7 Å². The Hall–Kier alpha value is -2.07. The molecule has 0 atom stereocenters. The Morgan fingerprint density at radius 1 is 1.33 bits per heavy atom. The summed E-state index contributed by atoms with van der Waals surface area (Å²) in [5.74, 6) is 1.17. The average Bonchev–Trinajstić information content (AvgIpc) is 2.69. The molecule has 1 aromatic carbocycles. The minimum Gasteiger partial charge on any atom is -0.466 e. The first-order valence-electron chi connectivity index (χ1n) is 5.78. The van der Waals surface area contributed by atoms with Crippen molar-refractivity contribution in [3.8, 4) is 0 Å². The lowest BCUT2D eigenvalue weighted by atomic mass is 10.1. The molecule has 0 saturated heterocycles. The predicted octanol–water partition coefficient (Wildman–Crippen LogP) is 2.61. The van der Waals surface area contributed by atoms with Crippen molar-refractivity contribution in [2.24, 2.45) is 5.73 Å². The monoisotopic (exact) mass is 244 g/mol. The van der Waals surface area contributed by atoms with Crippen molar-refractivity contribution in [2.75, 3.05) is 5.32 Å². The summed E-state index contributed by atoms with van der Waals surface area (Å²) >= 11 is 0. The van der Waals surface area contributed by atoms with Crippen molar-refractivity contribution in [2.45, 2.75) is 20.4 Å². The third-order valence-corrected chi connectivity index (χ3v) is 2.77. The van der Waals surface area contributed by atoms with Crippen LogP contribution in [0.1, 0.15) is 27.4 Å². The second kappa shape index (κ2) is 5.06. The van der Waals surface area contributed by atoms with E-state index in [1.165, 1.54) is 0 Å². The van der Waals surface area contributed by atoms with E-state index in [0.717, 1.165) is 17.0 Å². The van der Waals surface area contributed by atoms with Gasteiger partial charge in [0, 0.05) is 12.2 Å². The Bertz CT molecular complexity index is 573. The first-order valence-corrected chi connectivity index (χ1v) is 5.78. The fraction of sp³-hybridized carbons (Fsp3) is 0.214. The summed E-state index contributed by atoms with van der Waals surface area (Å²) in [4.78, 5) is 12.1. The number of carbonyl (C=O) groups is 1. The van der Waals surface area contributed by atoms with E-state index in [9.17, 15) is 4.79 Å². The minimum absolute atomic E-state index is 0.176. The molecule has 94 valence electrons. The summed E-state index contributed by atoms with van der Waals surface area (Å²) in [6.07, 6.45) is 0. The van der Waals surface area contributed by atoms with E-state index in [1.54, 1.807) is 13.0 Å².